The van der Waals surface area contributed by atoms with Crippen LogP contribution in [0, 0.1) is 10.1 Å². The first-order chi connectivity index (χ1) is 8.00. The molecule has 0 unspecified atom stereocenters. The Kier molecular flexibility index (Phi) is 3.35. The van der Waals surface area contributed by atoms with Crippen molar-refractivity contribution < 1.29 is 9.13 Å². The Morgan fingerprint density at radius 1 is 1.35 bits per heavy atom. The predicted octanol–water partition coefficient (Wildman–Crippen LogP) is 3.14. The standard InChI is InChI=1S/C10H11ClN2O3S/c11-9-4-3-8(7-10(9)13(14)15)12-17(16)5-1-2-6-17/h3-4,7H,1-2,5-6H2. The van der Waals surface area contributed by atoms with Gasteiger partial charge in [-0.1, -0.05) is 11.6 Å². The second-order valence-electron chi connectivity index (χ2n) is 3.87. The smallest absolute Gasteiger partial charge is 0.258 e. The summed E-state index contributed by atoms with van der Waals surface area (Å²) in [6, 6.07) is 4.24. The minimum atomic E-state index is -2.20. The van der Waals surface area contributed by atoms with Gasteiger partial charge in [0.1, 0.15) is 5.02 Å². The largest absolute Gasteiger partial charge is 0.290 e. The number of hydrogen-bond acceptors (Lipinski definition) is 4. The van der Waals surface area contributed by atoms with Gasteiger partial charge in [-0.3, -0.25) is 10.1 Å². The normalized spacial score (nSPS) is 17.9. The summed E-state index contributed by atoms with van der Waals surface area (Å²) in [5.74, 6) is 1.15. The number of nitro groups is 1. The highest BCUT2D eigenvalue weighted by Crippen LogP contribution is 2.30. The van der Waals surface area contributed by atoms with Crippen molar-refractivity contribution in [3.05, 3.63) is 33.3 Å². The van der Waals surface area contributed by atoms with Gasteiger partial charge in [-0.25, -0.2) is 4.21 Å². The molecule has 1 aliphatic heterocycles. The van der Waals surface area contributed by atoms with Crippen molar-refractivity contribution in [1.29, 1.82) is 0 Å². The Balaban J connectivity index is 2.44. The number of nitrogens with zero attached hydrogens (tertiary/aromatic N) is 2. The molecule has 0 bridgehead atoms. The molecule has 17 heavy (non-hydrogen) atoms. The average Bonchev–Trinajstić information content (AvgIpc) is 2.67. The Morgan fingerprint density at radius 3 is 2.59 bits per heavy atom. The first-order valence-corrected chi connectivity index (χ1v) is 7.40. The van der Waals surface area contributed by atoms with Gasteiger partial charge in [0.05, 0.1) is 20.3 Å². The molecule has 0 aliphatic carbocycles. The van der Waals surface area contributed by atoms with Gasteiger partial charge in [0.2, 0.25) is 0 Å². The van der Waals surface area contributed by atoms with Crippen molar-refractivity contribution in [3.8, 4) is 0 Å². The van der Waals surface area contributed by atoms with Crippen LogP contribution >= 0.6 is 11.6 Å². The zero-order valence-corrected chi connectivity index (χ0v) is 10.5. The highest BCUT2D eigenvalue weighted by molar-refractivity contribution is 7.93. The van der Waals surface area contributed by atoms with Crippen LogP contribution in [-0.2, 0) is 9.73 Å². The summed E-state index contributed by atoms with van der Waals surface area (Å²) < 4.78 is 16.3. The molecule has 0 aromatic heterocycles. The summed E-state index contributed by atoms with van der Waals surface area (Å²) in [5.41, 5.74) is 0.168. The van der Waals surface area contributed by atoms with Crippen LogP contribution in [0.4, 0.5) is 11.4 Å². The van der Waals surface area contributed by atoms with Crippen LogP contribution in [-0.4, -0.2) is 20.6 Å². The molecule has 7 heteroatoms. The summed E-state index contributed by atoms with van der Waals surface area (Å²) in [7, 11) is -2.20. The Labute approximate surface area is 104 Å². The first kappa shape index (κ1) is 12.3. The minimum Gasteiger partial charge on any atom is -0.258 e. The SMILES string of the molecule is O=[N+]([O-])c1cc(N=S2(=O)CCCC2)ccc1Cl. The highest BCUT2D eigenvalue weighted by Gasteiger charge is 2.18. The molecule has 92 valence electrons. The average molecular weight is 275 g/mol. The van der Waals surface area contributed by atoms with Crippen LogP contribution in [0.25, 0.3) is 0 Å². The van der Waals surface area contributed by atoms with Gasteiger partial charge in [0.25, 0.3) is 5.69 Å². The molecule has 1 aliphatic rings. The van der Waals surface area contributed by atoms with Crippen LogP contribution in [0.5, 0.6) is 0 Å². The molecule has 0 amide bonds. The fourth-order valence-electron chi connectivity index (χ4n) is 1.74. The third-order valence-electron chi connectivity index (χ3n) is 2.57. The Hall–Kier alpha value is -1.14. The molecule has 1 heterocycles. The summed E-state index contributed by atoms with van der Waals surface area (Å²) >= 11 is 5.69. The van der Waals surface area contributed by atoms with Crippen molar-refractivity contribution >= 4 is 32.7 Å². The van der Waals surface area contributed by atoms with E-state index in [-0.39, 0.29) is 10.7 Å². The van der Waals surface area contributed by atoms with Crippen molar-refractivity contribution in [2.45, 2.75) is 12.8 Å². The van der Waals surface area contributed by atoms with Crippen LogP contribution in [0.2, 0.25) is 5.02 Å². The molecule has 0 saturated carbocycles. The van der Waals surface area contributed by atoms with E-state index in [1.165, 1.54) is 12.1 Å². The van der Waals surface area contributed by atoms with Crippen LogP contribution in [0.3, 0.4) is 0 Å². The van der Waals surface area contributed by atoms with E-state index >= 15 is 0 Å². The van der Waals surface area contributed by atoms with Gasteiger partial charge in [-0.15, -0.1) is 0 Å². The van der Waals surface area contributed by atoms with E-state index in [1.807, 2.05) is 0 Å². The number of hydrogen-bond donors (Lipinski definition) is 0. The fourth-order valence-corrected chi connectivity index (χ4v) is 4.12. The van der Waals surface area contributed by atoms with E-state index in [0.717, 1.165) is 12.8 Å². The maximum absolute atomic E-state index is 12.2. The summed E-state index contributed by atoms with van der Waals surface area (Å²) in [6.07, 6.45) is 1.80. The van der Waals surface area contributed by atoms with E-state index in [9.17, 15) is 14.3 Å². The summed E-state index contributed by atoms with van der Waals surface area (Å²) in [4.78, 5) is 10.1. The minimum absolute atomic E-state index is 0.0651. The lowest BCUT2D eigenvalue weighted by atomic mass is 10.3. The fraction of sp³-hybridized carbons (Fsp3) is 0.400. The van der Waals surface area contributed by atoms with Gasteiger partial charge < -0.3 is 0 Å². The van der Waals surface area contributed by atoms with E-state index < -0.39 is 14.7 Å². The van der Waals surface area contributed by atoms with Gasteiger partial charge in [0.15, 0.2) is 0 Å². The zero-order chi connectivity index (χ0) is 12.5. The predicted molar refractivity (Wildman–Crippen MR) is 67.3 cm³/mol. The Morgan fingerprint density at radius 2 is 2.00 bits per heavy atom. The monoisotopic (exact) mass is 274 g/mol. The van der Waals surface area contributed by atoms with E-state index in [4.69, 9.17) is 11.6 Å². The summed E-state index contributed by atoms with van der Waals surface area (Å²) in [6.45, 7) is 0. The van der Waals surface area contributed by atoms with Crippen molar-refractivity contribution in [2.75, 3.05) is 11.5 Å². The molecule has 0 N–H and O–H groups in total. The lowest BCUT2D eigenvalue weighted by Crippen LogP contribution is -1.99. The lowest BCUT2D eigenvalue weighted by Gasteiger charge is -2.01. The van der Waals surface area contributed by atoms with E-state index in [1.54, 1.807) is 6.07 Å². The molecule has 5 nitrogen and oxygen atoms in total. The maximum atomic E-state index is 12.2. The molecule has 1 aromatic rings. The number of nitro benzene ring substituents is 1. The molecule has 0 atom stereocenters. The molecule has 1 fully saturated rings. The van der Waals surface area contributed by atoms with Crippen molar-refractivity contribution in [2.24, 2.45) is 4.36 Å². The molecule has 0 spiro atoms. The van der Waals surface area contributed by atoms with E-state index in [2.05, 4.69) is 4.36 Å². The lowest BCUT2D eigenvalue weighted by molar-refractivity contribution is -0.384. The molecule has 1 saturated heterocycles. The topological polar surface area (TPSA) is 72.6 Å². The van der Waals surface area contributed by atoms with Crippen molar-refractivity contribution in [3.63, 3.8) is 0 Å². The zero-order valence-electron chi connectivity index (χ0n) is 8.97. The second kappa shape index (κ2) is 4.62. The highest BCUT2D eigenvalue weighted by atomic mass is 35.5. The second-order valence-corrected chi connectivity index (χ2v) is 6.82. The molecular weight excluding hydrogens is 264 g/mol. The van der Waals surface area contributed by atoms with Crippen LogP contribution in [0.15, 0.2) is 22.6 Å². The Bertz CT molecular complexity index is 567. The summed E-state index contributed by atoms with van der Waals surface area (Å²) in [5, 5.41) is 10.8. The van der Waals surface area contributed by atoms with Gasteiger partial charge in [-0.2, -0.15) is 4.36 Å². The third-order valence-corrected chi connectivity index (χ3v) is 5.29. The molecule has 2 rings (SSSR count). The quantitative estimate of drug-likeness (QED) is 0.614. The first-order valence-electron chi connectivity index (χ1n) is 5.17. The molecular formula is C10H11ClN2O3S. The van der Waals surface area contributed by atoms with Crippen LogP contribution in [0.1, 0.15) is 12.8 Å². The third kappa shape index (κ3) is 2.76. The van der Waals surface area contributed by atoms with Gasteiger partial charge in [0, 0.05) is 17.6 Å². The van der Waals surface area contributed by atoms with E-state index in [0.29, 0.717) is 17.2 Å². The van der Waals surface area contributed by atoms with Crippen molar-refractivity contribution in [1.82, 2.24) is 0 Å². The van der Waals surface area contributed by atoms with Gasteiger partial charge in [-0.05, 0) is 25.0 Å². The molecule has 0 radical (unpaired) electrons. The van der Waals surface area contributed by atoms with Gasteiger partial charge >= 0.3 is 0 Å². The molecule has 1 aromatic carbocycles. The maximum Gasteiger partial charge on any atom is 0.290 e. The van der Waals surface area contributed by atoms with Crippen LogP contribution < -0.4 is 0 Å². The number of halogens is 1. The number of rotatable bonds is 2. The number of benzene rings is 1.